The molecule has 2 rings (SSSR count). The number of hydrogen-bond acceptors (Lipinski definition) is 3. The Morgan fingerprint density at radius 3 is 2.74 bits per heavy atom. The van der Waals surface area contributed by atoms with E-state index in [0.717, 1.165) is 25.2 Å². The van der Waals surface area contributed by atoms with Crippen molar-refractivity contribution in [2.75, 3.05) is 18.4 Å². The van der Waals surface area contributed by atoms with Crippen LogP contribution in [-0.2, 0) is 0 Å². The zero-order valence-corrected chi connectivity index (χ0v) is 11.7. The molecule has 0 spiro atoms. The molecule has 1 aromatic rings. The van der Waals surface area contributed by atoms with E-state index in [2.05, 4.69) is 17.1 Å². The van der Waals surface area contributed by atoms with E-state index in [1.165, 1.54) is 18.6 Å². The zero-order valence-electron chi connectivity index (χ0n) is 10.8. The van der Waals surface area contributed by atoms with Crippen molar-refractivity contribution < 1.29 is 4.92 Å². The molecular formula is C13H17N3O2S. The van der Waals surface area contributed by atoms with Gasteiger partial charge in [0.05, 0.1) is 4.92 Å². The maximum Gasteiger partial charge on any atom is 0.269 e. The van der Waals surface area contributed by atoms with Gasteiger partial charge in [0.1, 0.15) is 0 Å². The Kier molecular flexibility index (Phi) is 4.31. The average molecular weight is 279 g/mol. The maximum atomic E-state index is 10.6. The number of likely N-dealkylation sites (tertiary alicyclic amines) is 1. The summed E-state index contributed by atoms with van der Waals surface area (Å²) in [5.74, 6) is 0.658. The van der Waals surface area contributed by atoms with Crippen LogP contribution in [0.5, 0.6) is 0 Å². The Bertz CT molecular complexity index is 475. The van der Waals surface area contributed by atoms with Gasteiger partial charge in [-0.15, -0.1) is 0 Å². The SMILES string of the molecule is C[C@@H]1CCCN(C(=S)Nc2ccc([N+](=O)[O-])cc2)C1. The molecule has 0 aromatic heterocycles. The van der Waals surface area contributed by atoms with E-state index in [4.69, 9.17) is 12.2 Å². The van der Waals surface area contributed by atoms with E-state index >= 15 is 0 Å². The number of rotatable bonds is 2. The Hall–Kier alpha value is -1.69. The lowest BCUT2D eigenvalue weighted by molar-refractivity contribution is -0.384. The Balaban J connectivity index is 1.96. The normalized spacial score (nSPS) is 19.0. The van der Waals surface area contributed by atoms with Gasteiger partial charge in [-0.3, -0.25) is 10.1 Å². The topological polar surface area (TPSA) is 58.4 Å². The third-order valence-electron chi connectivity index (χ3n) is 3.27. The highest BCUT2D eigenvalue weighted by Gasteiger charge is 2.18. The van der Waals surface area contributed by atoms with Gasteiger partial charge in [0.25, 0.3) is 5.69 Å². The minimum Gasteiger partial charge on any atom is -0.349 e. The summed E-state index contributed by atoms with van der Waals surface area (Å²) in [6, 6.07) is 6.31. The van der Waals surface area contributed by atoms with Gasteiger partial charge in [0.15, 0.2) is 5.11 Å². The van der Waals surface area contributed by atoms with Crippen LogP contribution in [0.1, 0.15) is 19.8 Å². The molecular weight excluding hydrogens is 262 g/mol. The van der Waals surface area contributed by atoms with Crippen LogP contribution in [0.25, 0.3) is 0 Å². The molecule has 1 aliphatic heterocycles. The zero-order chi connectivity index (χ0) is 13.8. The first kappa shape index (κ1) is 13.7. The lowest BCUT2D eigenvalue weighted by atomic mass is 10.0. The molecule has 19 heavy (non-hydrogen) atoms. The minimum atomic E-state index is -0.408. The van der Waals surface area contributed by atoms with Gasteiger partial charge in [-0.05, 0) is 43.1 Å². The summed E-state index contributed by atoms with van der Waals surface area (Å²) in [6.07, 6.45) is 2.40. The fourth-order valence-electron chi connectivity index (χ4n) is 2.24. The predicted octanol–water partition coefficient (Wildman–Crippen LogP) is 3.02. The van der Waals surface area contributed by atoms with E-state index in [9.17, 15) is 10.1 Å². The smallest absolute Gasteiger partial charge is 0.269 e. The third-order valence-corrected chi connectivity index (χ3v) is 3.63. The molecule has 0 aliphatic carbocycles. The Morgan fingerprint density at radius 2 is 2.16 bits per heavy atom. The first-order chi connectivity index (χ1) is 9.06. The number of nitrogens with zero attached hydrogens (tertiary/aromatic N) is 2. The molecule has 0 amide bonds. The molecule has 1 fully saturated rings. The second kappa shape index (κ2) is 5.97. The summed E-state index contributed by atoms with van der Waals surface area (Å²) in [6.45, 7) is 4.17. The number of nitro benzene ring substituents is 1. The van der Waals surface area contributed by atoms with Crippen LogP contribution in [0.15, 0.2) is 24.3 Å². The van der Waals surface area contributed by atoms with Gasteiger partial charge in [0.2, 0.25) is 0 Å². The maximum absolute atomic E-state index is 10.6. The van der Waals surface area contributed by atoms with Crippen LogP contribution in [-0.4, -0.2) is 28.0 Å². The monoisotopic (exact) mass is 279 g/mol. The molecule has 0 bridgehead atoms. The molecule has 1 aliphatic rings. The standard InChI is InChI=1S/C13H17N3O2S/c1-10-3-2-8-15(9-10)13(19)14-11-4-6-12(7-5-11)16(17)18/h4-7,10H,2-3,8-9H2,1H3,(H,14,19)/t10-/m1/s1. The Morgan fingerprint density at radius 1 is 1.47 bits per heavy atom. The van der Waals surface area contributed by atoms with Gasteiger partial charge >= 0.3 is 0 Å². The molecule has 1 N–H and O–H groups in total. The van der Waals surface area contributed by atoms with Crippen LogP contribution in [0.2, 0.25) is 0 Å². The third kappa shape index (κ3) is 3.64. The average Bonchev–Trinajstić information content (AvgIpc) is 2.39. The number of hydrogen-bond donors (Lipinski definition) is 1. The van der Waals surface area contributed by atoms with Crippen molar-refractivity contribution in [1.29, 1.82) is 0 Å². The summed E-state index contributed by atoms with van der Waals surface area (Å²) < 4.78 is 0. The molecule has 1 atom stereocenters. The summed E-state index contributed by atoms with van der Waals surface area (Å²) >= 11 is 5.37. The minimum absolute atomic E-state index is 0.0862. The summed E-state index contributed by atoms with van der Waals surface area (Å²) in [7, 11) is 0. The predicted molar refractivity (Wildman–Crippen MR) is 79.3 cm³/mol. The van der Waals surface area contributed by atoms with E-state index in [0.29, 0.717) is 11.0 Å². The quantitative estimate of drug-likeness (QED) is 0.512. The van der Waals surface area contributed by atoms with Crippen LogP contribution in [0.4, 0.5) is 11.4 Å². The first-order valence-corrected chi connectivity index (χ1v) is 6.77. The van der Waals surface area contributed by atoms with E-state index in [-0.39, 0.29) is 5.69 Å². The van der Waals surface area contributed by atoms with Crippen molar-refractivity contribution in [2.24, 2.45) is 5.92 Å². The molecule has 5 nitrogen and oxygen atoms in total. The largest absolute Gasteiger partial charge is 0.349 e. The number of non-ortho nitro benzene ring substituents is 1. The summed E-state index contributed by atoms with van der Waals surface area (Å²) in [5, 5.41) is 14.4. The van der Waals surface area contributed by atoms with Gasteiger partial charge in [-0.2, -0.15) is 0 Å². The molecule has 0 radical (unpaired) electrons. The van der Waals surface area contributed by atoms with E-state index in [1.807, 2.05) is 0 Å². The molecule has 1 aromatic carbocycles. The lowest BCUT2D eigenvalue weighted by Gasteiger charge is -2.33. The van der Waals surface area contributed by atoms with Gasteiger partial charge in [-0.1, -0.05) is 6.92 Å². The molecule has 102 valence electrons. The first-order valence-electron chi connectivity index (χ1n) is 6.36. The second-order valence-electron chi connectivity index (χ2n) is 4.93. The lowest BCUT2D eigenvalue weighted by Crippen LogP contribution is -2.41. The number of thiocarbonyl (C=S) groups is 1. The molecule has 0 unspecified atom stereocenters. The number of anilines is 1. The number of nitrogens with one attached hydrogen (secondary N) is 1. The number of piperidine rings is 1. The number of nitro groups is 1. The highest BCUT2D eigenvalue weighted by atomic mass is 32.1. The fraction of sp³-hybridized carbons (Fsp3) is 0.462. The van der Waals surface area contributed by atoms with Gasteiger partial charge in [-0.25, -0.2) is 0 Å². The van der Waals surface area contributed by atoms with Crippen molar-refractivity contribution in [1.82, 2.24) is 4.90 Å². The molecule has 1 heterocycles. The van der Waals surface area contributed by atoms with Gasteiger partial charge < -0.3 is 10.2 Å². The molecule has 1 saturated heterocycles. The van der Waals surface area contributed by atoms with E-state index < -0.39 is 4.92 Å². The highest BCUT2D eigenvalue weighted by Crippen LogP contribution is 2.19. The second-order valence-corrected chi connectivity index (χ2v) is 5.31. The molecule has 6 heteroatoms. The van der Waals surface area contributed by atoms with Crippen molar-refractivity contribution >= 4 is 28.7 Å². The van der Waals surface area contributed by atoms with Gasteiger partial charge in [0, 0.05) is 30.9 Å². The summed E-state index contributed by atoms with van der Waals surface area (Å²) in [4.78, 5) is 12.3. The van der Waals surface area contributed by atoms with Crippen LogP contribution >= 0.6 is 12.2 Å². The van der Waals surface area contributed by atoms with Crippen molar-refractivity contribution in [3.63, 3.8) is 0 Å². The van der Waals surface area contributed by atoms with Crippen LogP contribution in [0.3, 0.4) is 0 Å². The van der Waals surface area contributed by atoms with Crippen molar-refractivity contribution in [3.05, 3.63) is 34.4 Å². The van der Waals surface area contributed by atoms with Crippen molar-refractivity contribution in [2.45, 2.75) is 19.8 Å². The fourth-order valence-corrected chi connectivity index (χ4v) is 2.53. The highest BCUT2D eigenvalue weighted by molar-refractivity contribution is 7.80. The Labute approximate surface area is 117 Å². The van der Waals surface area contributed by atoms with Crippen molar-refractivity contribution in [3.8, 4) is 0 Å². The van der Waals surface area contributed by atoms with E-state index in [1.54, 1.807) is 12.1 Å². The summed E-state index contributed by atoms with van der Waals surface area (Å²) in [5.41, 5.74) is 0.872. The van der Waals surface area contributed by atoms with Crippen LogP contribution in [0, 0.1) is 16.0 Å². The number of benzene rings is 1. The van der Waals surface area contributed by atoms with Crippen LogP contribution < -0.4 is 5.32 Å². The molecule has 0 saturated carbocycles.